The van der Waals surface area contributed by atoms with Gasteiger partial charge < -0.3 is 10.2 Å². The fourth-order valence-electron chi connectivity index (χ4n) is 2.76. The number of rotatable bonds is 0. The molecule has 1 aliphatic carbocycles. The van der Waals surface area contributed by atoms with Crippen LogP contribution >= 0.6 is 0 Å². The van der Waals surface area contributed by atoms with E-state index in [0.717, 1.165) is 33.3 Å². The summed E-state index contributed by atoms with van der Waals surface area (Å²) in [6.07, 6.45) is 0. The molecule has 4 heteroatoms. The maximum atomic E-state index is 13.4. The minimum absolute atomic E-state index is 0.303. The molecule has 19 heavy (non-hydrogen) atoms. The van der Waals surface area contributed by atoms with Crippen LogP contribution in [-0.2, 0) is 0 Å². The van der Waals surface area contributed by atoms with Gasteiger partial charge >= 0.3 is 0 Å². The number of nitrogens with one attached hydrogen (secondary N) is 1. The number of fused-ring (bicyclic) bond motifs is 5. The average molecular weight is 252 g/mol. The fraction of sp³-hybridized carbons (Fsp3) is 0. The second kappa shape index (κ2) is 3.45. The Kier molecular flexibility index (Phi) is 1.87. The highest BCUT2D eigenvalue weighted by Gasteiger charge is 2.29. The number of aromatic amines is 1. The zero-order chi connectivity index (χ0) is 13.0. The molecule has 1 aromatic heterocycles. The van der Waals surface area contributed by atoms with Crippen LogP contribution in [0.15, 0.2) is 47.6 Å². The Balaban J connectivity index is 2.17. The van der Waals surface area contributed by atoms with Gasteiger partial charge in [0.1, 0.15) is 11.5 Å². The summed E-state index contributed by atoms with van der Waals surface area (Å²) < 4.78 is 13.4. The second-order valence-corrected chi connectivity index (χ2v) is 4.56. The van der Waals surface area contributed by atoms with Crippen molar-refractivity contribution in [3.8, 4) is 11.3 Å². The molecule has 1 aliphatic rings. The molecular formula is C15H9FN2O. The lowest BCUT2D eigenvalue weighted by molar-refractivity contribution is 0.320. The van der Waals surface area contributed by atoms with Crippen LogP contribution in [0.5, 0.6) is 0 Å². The van der Waals surface area contributed by atoms with E-state index in [1.807, 2.05) is 24.3 Å². The number of hydrogen-bond acceptors (Lipinski definition) is 2. The molecule has 0 fully saturated rings. The van der Waals surface area contributed by atoms with Crippen LogP contribution in [0.25, 0.3) is 22.2 Å². The highest BCUT2D eigenvalue weighted by molar-refractivity contribution is 6.29. The van der Waals surface area contributed by atoms with E-state index in [1.165, 1.54) is 12.1 Å². The quantitative estimate of drug-likeness (QED) is 0.365. The van der Waals surface area contributed by atoms with E-state index in [0.29, 0.717) is 5.71 Å². The zero-order valence-electron chi connectivity index (χ0n) is 9.81. The Labute approximate surface area is 108 Å². The summed E-state index contributed by atoms with van der Waals surface area (Å²) >= 11 is 0. The van der Waals surface area contributed by atoms with E-state index in [-0.39, 0.29) is 5.82 Å². The van der Waals surface area contributed by atoms with E-state index in [9.17, 15) is 9.60 Å². The van der Waals surface area contributed by atoms with Crippen molar-refractivity contribution in [3.63, 3.8) is 0 Å². The summed E-state index contributed by atoms with van der Waals surface area (Å²) in [5.41, 5.74) is 4.56. The second-order valence-electron chi connectivity index (χ2n) is 4.56. The number of halogens is 1. The van der Waals surface area contributed by atoms with Crippen LogP contribution in [-0.4, -0.2) is 15.9 Å². The van der Waals surface area contributed by atoms with Crippen molar-refractivity contribution in [1.29, 1.82) is 0 Å². The van der Waals surface area contributed by atoms with Gasteiger partial charge in [0, 0.05) is 27.6 Å². The molecule has 3 aromatic rings. The van der Waals surface area contributed by atoms with Gasteiger partial charge in [-0.25, -0.2) is 4.39 Å². The predicted octanol–water partition coefficient (Wildman–Crippen LogP) is 3.51. The van der Waals surface area contributed by atoms with Crippen LogP contribution in [0.3, 0.4) is 0 Å². The molecule has 0 saturated heterocycles. The third-order valence-corrected chi connectivity index (χ3v) is 3.55. The van der Waals surface area contributed by atoms with Gasteiger partial charge in [0.2, 0.25) is 0 Å². The molecule has 0 unspecified atom stereocenters. The van der Waals surface area contributed by atoms with E-state index in [4.69, 9.17) is 0 Å². The zero-order valence-corrected chi connectivity index (χ0v) is 9.81. The lowest BCUT2D eigenvalue weighted by atomic mass is 10.1. The van der Waals surface area contributed by atoms with Crippen molar-refractivity contribution >= 4 is 16.6 Å². The SMILES string of the molecule is O/N=C1/c2ccc(F)cc2-c2[nH]c3ccccc3c21. The number of oxime groups is 1. The Bertz CT molecular complexity index is 848. The van der Waals surface area contributed by atoms with E-state index in [2.05, 4.69) is 10.1 Å². The van der Waals surface area contributed by atoms with Crippen molar-refractivity contribution in [2.45, 2.75) is 0 Å². The minimum Gasteiger partial charge on any atom is -0.410 e. The maximum Gasteiger partial charge on any atom is 0.123 e. The van der Waals surface area contributed by atoms with Gasteiger partial charge in [-0.15, -0.1) is 0 Å². The van der Waals surface area contributed by atoms with Crippen LogP contribution in [0.2, 0.25) is 0 Å². The summed E-state index contributed by atoms with van der Waals surface area (Å²) in [7, 11) is 0. The average Bonchev–Trinajstić information content (AvgIpc) is 2.93. The Morgan fingerprint density at radius 1 is 1.05 bits per heavy atom. The van der Waals surface area contributed by atoms with Crippen LogP contribution in [0.4, 0.5) is 4.39 Å². The van der Waals surface area contributed by atoms with Gasteiger partial charge in [0.05, 0.1) is 5.69 Å². The summed E-state index contributed by atoms with van der Waals surface area (Å²) in [6, 6.07) is 12.2. The molecule has 2 aromatic carbocycles. The predicted molar refractivity (Wildman–Crippen MR) is 71.1 cm³/mol. The molecule has 0 atom stereocenters. The molecular weight excluding hydrogens is 243 g/mol. The van der Waals surface area contributed by atoms with Gasteiger partial charge in [0.25, 0.3) is 0 Å². The van der Waals surface area contributed by atoms with Crippen molar-refractivity contribution < 1.29 is 9.60 Å². The van der Waals surface area contributed by atoms with E-state index < -0.39 is 0 Å². The molecule has 1 heterocycles. The lowest BCUT2D eigenvalue weighted by Crippen LogP contribution is -1.97. The number of aromatic nitrogens is 1. The minimum atomic E-state index is -0.303. The molecule has 0 bridgehead atoms. The highest BCUT2D eigenvalue weighted by atomic mass is 19.1. The third-order valence-electron chi connectivity index (χ3n) is 3.55. The Morgan fingerprint density at radius 2 is 1.89 bits per heavy atom. The van der Waals surface area contributed by atoms with Gasteiger partial charge in [-0.3, -0.25) is 0 Å². The number of hydrogen-bond donors (Lipinski definition) is 2. The summed E-state index contributed by atoms with van der Waals surface area (Å²) in [6.45, 7) is 0. The van der Waals surface area contributed by atoms with Crippen molar-refractivity contribution in [2.75, 3.05) is 0 Å². The largest absolute Gasteiger partial charge is 0.410 e. The first-order chi connectivity index (χ1) is 9.29. The van der Waals surface area contributed by atoms with E-state index in [1.54, 1.807) is 6.07 Å². The van der Waals surface area contributed by atoms with Crippen molar-refractivity contribution in [2.24, 2.45) is 5.16 Å². The third kappa shape index (κ3) is 1.23. The Morgan fingerprint density at radius 3 is 2.74 bits per heavy atom. The van der Waals surface area contributed by atoms with Gasteiger partial charge in [-0.2, -0.15) is 0 Å². The number of para-hydroxylation sites is 1. The normalized spacial score (nSPS) is 14.9. The first-order valence-corrected chi connectivity index (χ1v) is 5.93. The summed E-state index contributed by atoms with van der Waals surface area (Å²) in [5.74, 6) is -0.303. The number of benzene rings is 2. The number of H-pyrrole nitrogens is 1. The molecule has 0 amide bonds. The molecule has 0 aliphatic heterocycles. The Hall–Kier alpha value is -2.62. The molecule has 0 spiro atoms. The van der Waals surface area contributed by atoms with Gasteiger partial charge in [0.15, 0.2) is 0 Å². The molecule has 4 rings (SSSR count). The van der Waals surface area contributed by atoms with Gasteiger partial charge in [-0.1, -0.05) is 23.4 Å². The van der Waals surface area contributed by atoms with Crippen LogP contribution in [0.1, 0.15) is 11.1 Å². The molecule has 3 nitrogen and oxygen atoms in total. The monoisotopic (exact) mass is 252 g/mol. The van der Waals surface area contributed by atoms with Crippen molar-refractivity contribution in [1.82, 2.24) is 4.98 Å². The van der Waals surface area contributed by atoms with Crippen LogP contribution < -0.4 is 0 Å². The maximum absolute atomic E-state index is 13.4. The summed E-state index contributed by atoms with van der Waals surface area (Å²) in [5, 5.41) is 13.7. The molecule has 92 valence electrons. The topological polar surface area (TPSA) is 48.4 Å². The molecule has 0 radical (unpaired) electrons. The molecule has 2 N–H and O–H groups in total. The molecule has 0 saturated carbocycles. The lowest BCUT2D eigenvalue weighted by Gasteiger charge is -2.00. The van der Waals surface area contributed by atoms with E-state index >= 15 is 0 Å². The van der Waals surface area contributed by atoms with Crippen LogP contribution in [0, 0.1) is 5.82 Å². The standard InChI is InChI=1S/C15H9FN2O/c16-8-5-6-9-11(7-8)14-13(15(9)18-19)10-3-1-2-4-12(10)17-14/h1-7,17,19H/b18-15-. The smallest absolute Gasteiger partial charge is 0.123 e. The fourth-order valence-corrected chi connectivity index (χ4v) is 2.76. The van der Waals surface area contributed by atoms with Gasteiger partial charge in [-0.05, 0) is 24.3 Å². The first-order valence-electron chi connectivity index (χ1n) is 5.93. The first kappa shape index (κ1) is 10.3. The summed E-state index contributed by atoms with van der Waals surface area (Å²) in [4.78, 5) is 3.27. The number of nitrogens with zero attached hydrogens (tertiary/aromatic N) is 1. The highest BCUT2D eigenvalue weighted by Crippen LogP contribution is 2.40. The van der Waals surface area contributed by atoms with Crippen molar-refractivity contribution in [3.05, 3.63) is 59.4 Å².